The van der Waals surface area contributed by atoms with Crippen LogP contribution < -0.4 is 0 Å². The summed E-state index contributed by atoms with van der Waals surface area (Å²) in [6.07, 6.45) is -9.01. The summed E-state index contributed by atoms with van der Waals surface area (Å²) in [5.74, 6) is -17.6. The summed E-state index contributed by atoms with van der Waals surface area (Å²) in [6.45, 7) is 1.64. The highest BCUT2D eigenvalue weighted by Gasteiger charge is 2.81. The molecule has 0 aromatic rings. The van der Waals surface area contributed by atoms with Crippen molar-refractivity contribution in [3.05, 3.63) is 0 Å². The van der Waals surface area contributed by atoms with E-state index >= 15 is 0 Å². The van der Waals surface area contributed by atoms with Crippen LogP contribution in [0.2, 0.25) is 0 Å². The van der Waals surface area contributed by atoms with Crippen LogP contribution in [0.4, 0.5) is 30.7 Å². The van der Waals surface area contributed by atoms with E-state index in [1.807, 2.05) is 13.8 Å². The molecule has 0 radical (unpaired) electrons. The number of aliphatic hydroxyl groups is 1. The van der Waals surface area contributed by atoms with E-state index < -0.39 is 48.4 Å². The van der Waals surface area contributed by atoms with Gasteiger partial charge in [-0.15, -0.1) is 0 Å². The fourth-order valence-electron chi connectivity index (χ4n) is 4.66. The Hall–Kier alpha value is -1.10. The molecule has 1 saturated heterocycles. The summed E-state index contributed by atoms with van der Waals surface area (Å²) in [4.78, 5) is 12.3. The number of carbonyl (C=O) groups excluding carboxylic acids is 1. The summed E-state index contributed by atoms with van der Waals surface area (Å²) in [5.41, 5.74) is 0. The van der Waals surface area contributed by atoms with Crippen LogP contribution in [-0.2, 0) is 14.3 Å². The molecule has 0 aromatic heterocycles. The monoisotopic (exact) mass is 408 g/mol. The third kappa shape index (κ3) is 2.83. The summed E-state index contributed by atoms with van der Waals surface area (Å²) < 4.78 is 103. The van der Waals surface area contributed by atoms with Crippen LogP contribution in [0.1, 0.15) is 26.7 Å². The highest BCUT2D eigenvalue weighted by molar-refractivity contribution is 5.74. The Balaban J connectivity index is 1.84. The third-order valence-electron chi connectivity index (χ3n) is 6.46. The lowest BCUT2D eigenvalue weighted by molar-refractivity contribution is -0.479. The Morgan fingerprint density at radius 2 is 1.70 bits per heavy atom. The van der Waals surface area contributed by atoms with Gasteiger partial charge in [-0.1, -0.05) is 13.8 Å². The number of esters is 1. The first-order valence-electron chi connectivity index (χ1n) is 8.52. The molecular weight excluding hydrogens is 389 g/mol. The van der Waals surface area contributed by atoms with Crippen LogP contribution in [0.25, 0.3) is 0 Å². The van der Waals surface area contributed by atoms with E-state index in [1.54, 1.807) is 0 Å². The van der Waals surface area contributed by atoms with Gasteiger partial charge in [0.2, 0.25) is 6.10 Å². The standard InChI is InChI=1S/C16H19F7O4/c1-6-7(2)9-3-8(6)4-10(9)11(24)27-12-13(17,18)5-26-15(25,14(12,19)20)16(21,22)23/h6-10,12,25H,3-5H2,1-2H3. The van der Waals surface area contributed by atoms with Gasteiger partial charge in [-0.3, -0.25) is 4.79 Å². The Morgan fingerprint density at radius 1 is 1.11 bits per heavy atom. The Morgan fingerprint density at radius 3 is 2.19 bits per heavy atom. The molecule has 1 N–H and O–H groups in total. The van der Waals surface area contributed by atoms with Gasteiger partial charge in [-0.2, -0.15) is 30.7 Å². The number of hydrogen-bond acceptors (Lipinski definition) is 4. The largest absolute Gasteiger partial charge is 0.449 e. The molecule has 3 fully saturated rings. The first-order valence-corrected chi connectivity index (χ1v) is 8.52. The summed E-state index contributed by atoms with van der Waals surface area (Å²) >= 11 is 0. The van der Waals surface area contributed by atoms with Crippen LogP contribution in [0.5, 0.6) is 0 Å². The van der Waals surface area contributed by atoms with E-state index in [9.17, 15) is 40.6 Å². The molecule has 3 aliphatic rings. The minimum atomic E-state index is -6.08. The van der Waals surface area contributed by atoms with Crippen molar-refractivity contribution in [3.8, 4) is 0 Å². The van der Waals surface area contributed by atoms with Gasteiger partial charge in [0.1, 0.15) is 6.61 Å². The van der Waals surface area contributed by atoms with E-state index in [2.05, 4.69) is 9.47 Å². The molecule has 7 atom stereocenters. The smallest absolute Gasteiger partial charge is 0.449 e. The fourth-order valence-corrected chi connectivity index (χ4v) is 4.66. The molecule has 27 heavy (non-hydrogen) atoms. The van der Waals surface area contributed by atoms with Gasteiger partial charge >= 0.3 is 29.8 Å². The van der Waals surface area contributed by atoms with Crippen LogP contribution in [-0.4, -0.2) is 47.6 Å². The van der Waals surface area contributed by atoms with Gasteiger partial charge in [0.15, 0.2) is 0 Å². The van der Waals surface area contributed by atoms with Gasteiger partial charge in [0, 0.05) is 0 Å². The summed E-state index contributed by atoms with van der Waals surface area (Å²) in [6, 6.07) is 0. The number of alkyl halides is 7. The lowest BCUT2D eigenvalue weighted by atomic mass is 9.76. The molecular formula is C16H19F7O4. The molecule has 156 valence electrons. The molecule has 0 amide bonds. The fraction of sp³-hybridized carbons (Fsp3) is 0.938. The van der Waals surface area contributed by atoms with Crippen molar-refractivity contribution >= 4 is 5.97 Å². The normalized spacial score (nSPS) is 45.7. The van der Waals surface area contributed by atoms with Crippen molar-refractivity contribution in [2.75, 3.05) is 6.61 Å². The lowest BCUT2D eigenvalue weighted by Crippen LogP contribution is -2.74. The quantitative estimate of drug-likeness (QED) is 0.562. The van der Waals surface area contributed by atoms with Gasteiger partial charge in [-0.25, -0.2) is 0 Å². The minimum Gasteiger partial charge on any atom is -0.449 e. The predicted octanol–water partition coefficient (Wildman–Crippen LogP) is 3.38. The van der Waals surface area contributed by atoms with Crippen LogP contribution in [0.15, 0.2) is 0 Å². The average Bonchev–Trinajstić information content (AvgIpc) is 3.08. The molecule has 2 bridgehead atoms. The zero-order valence-corrected chi connectivity index (χ0v) is 14.4. The second-order valence-electron chi connectivity index (χ2n) is 7.85. The van der Waals surface area contributed by atoms with E-state index in [4.69, 9.17) is 0 Å². The van der Waals surface area contributed by atoms with E-state index in [0.717, 1.165) is 0 Å². The zero-order valence-electron chi connectivity index (χ0n) is 14.4. The van der Waals surface area contributed by atoms with Gasteiger partial charge in [0.05, 0.1) is 5.92 Å². The van der Waals surface area contributed by atoms with E-state index in [0.29, 0.717) is 6.42 Å². The van der Waals surface area contributed by atoms with Crippen LogP contribution in [0.3, 0.4) is 0 Å². The lowest BCUT2D eigenvalue weighted by Gasteiger charge is -2.46. The number of fused-ring (bicyclic) bond motifs is 2. The number of halogens is 7. The predicted molar refractivity (Wildman–Crippen MR) is 74.8 cm³/mol. The van der Waals surface area contributed by atoms with Crippen LogP contribution >= 0.6 is 0 Å². The molecule has 3 rings (SSSR count). The highest BCUT2D eigenvalue weighted by atomic mass is 19.4. The Kier molecular flexibility index (Phi) is 4.54. The second kappa shape index (κ2) is 5.95. The third-order valence-corrected chi connectivity index (χ3v) is 6.46. The molecule has 2 saturated carbocycles. The van der Waals surface area contributed by atoms with Crippen molar-refractivity contribution < 1.29 is 50.1 Å². The van der Waals surface area contributed by atoms with Crippen LogP contribution in [0, 0.1) is 29.6 Å². The van der Waals surface area contributed by atoms with E-state index in [1.165, 1.54) is 0 Å². The molecule has 0 aromatic carbocycles. The molecule has 4 nitrogen and oxygen atoms in total. The maximum atomic E-state index is 14.2. The van der Waals surface area contributed by atoms with Crippen molar-refractivity contribution in [1.82, 2.24) is 0 Å². The van der Waals surface area contributed by atoms with Crippen molar-refractivity contribution in [1.29, 1.82) is 0 Å². The second-order valence-corrected chi connectivity index (χ2v) is 7.85. The summed E-state index contributed by atoms with van der Waals surface area (Å²) in [7, 11) is 0. The number of ether oxygens (including phenoxy) is 2. The SMILES string of the molecule is CC1C2CC(C(=O)OC3C(F)(F)COC(O)(C(F)(F)F)C3(F)F)C(C2)C1C. The van der Waals surface area contributed by atoms with Crippen molar-refractivity contribution in [2.45, 2.75) is 56.6 Å². The molecule has 2 aliphatic carbocycles. The van der Waals surface area contributed by atoms with Gasteiger partial charge in [-0.05, 0) is 36.5 Å². The van der Waals surface area contributed by atoms with E-state index in [-0.39, 0.29) is 30.1 Å². The maximum Gasteiger partial charge on any atom is 0.449 e. The average molecular weight is 408 g/mol. The Bertz CT molecular complexity index is 620. The molecule has 0 spiro atoms. The molecule has 1 aliphatic heterocycles. The first kappa shape index (κ1) is 20.6. The Labute approximate surface area is 150 Å². The topological polar surface area (TPSA) is 55.8 Å². The number of rotatable bonds is 2. The highest BCUT2D eigenvalue weighted by Crippen LogP contribution is 2.56. The number of carbonyl (C=O) groups is 1. The van der Waals surface area contributed by atoms with Gasteiger partial charge in [0.25, 0.3) is 0 Å². The van der Waals surface area contributed by atoms with Crippen molar-refractivity contribution in [2.24, 2.45) is 29.6 Å². The minimum absolute atomic E-state index is 0.0316. The number of hydrogen-bond donors (Lipinski definition) is 1. The zero-order chi connectivity index (χ0) is 20.6. The van der Waals surface area contributed by atoms with Crippen molar-refractivity contribution in [3.63, 3.8) is 0 Å². The summed E-state index contributed by atoms with van der Waals surface area (Å²) in [5, 5.41) is 9.28. The molecule has 11 heteroatoms. The van der Waals surface area contributed by atoms with Gasteiger partial charge < -0.3 is 14.6 Å². The molecule has 7 unspecified atom stereocenters. The molecule has 1 heterocycles. The maximum absolute atomic E-state index is 14.2. The first-order chi connectivity index (χ1) is 12.1.